The Morgan fingerprint density at radius 2 is 2.06 bits per heavy atom. The van der Waals surface area contributed by atoms with Crippen LogP contribution in [0.4, 0.5) is 0 Å². The van der Waals surface area contributed by atoms with Crippen LogP contribution in [0.25, 0.3) is 0 Å². The molecule has 4 heteroatoms. The molecule has 1 N–H and O–H groups in total. The van der Waals surface area contributed by atoms with Gasteiger partial charge in [-0.25, -0.2) is 0 Å². The molecule has 2 atom stereocenters. The summed E-state index contributed by atoms with van der Waals surface area (Å²) in [6.07, 6.45) is 2.99. The van der Waals surface area contributed by atoms with Crippen molar-refractivity contribution in [3.63, 3.8) is 0 Å². The molecule has 2 unspecified atom stereocenters. The van der Waals surface area contributed by atoms with Gasteiger partial charge in [-0.2, -0.15) is 0 Å². The largest absolute Gasteiger partial charge is 0.309 e. The maximum atomic E-state index is 4.51. The van der Waals surface area contributed by atoms with Gasteiger partial charge in [0.05, 0.1) is 11.7 Å². The first-order valence-corrected chi connectivity index (χ1v) is 7.23. The van der Waals surface area contributed by atoms with Crippen molar-refractivity contribution < 1.29 is 0 Å². The number of nitrogens with one attached hydrogen (secondary N) is 1. The normalized spacial score (nSPS) is 14.8. The van der Waals surface area contributed by atoms with E-state index in [9.17, 15) is 0 Å². The average molecular weight is 350 g/mol. The Hall–Kier alpha value is 0.0700. The molecule has 1 rings (SSSR count). The highest BCUT2D eigenvalue weighted by molar-refractivity contribution is 9.11. The highest BCUT2D eigenvalue weighted by Gasteiger charge is 2.20. The predicted octanol–water partition coefficient (Wildman–Crippen LogP) is 4.30. The van der Waals surface area contributed by atoms with E-state index < -0.39 is 0 Å². The van der Waals surface area contributed by atoms with E-state index in [0.717, 1.165) is 27.6 Å². The molecule has 1 aromatic rings. The lowest BCUT2D eigenvalue weighted by Gasteiger charge is -2.24. The molecule has 0 aliphatic heterocycles. The molecule has 1 heterocycles. The summed E-state index contributed by atoms with van der Waals surface area (Å²) < 4.78 is 2.07. The third kappa shape index (κ3) is 3.54. The van der Waals surface area contributed by atoms with E-state index in [1.165, 1.54) is 0 Å². The van der Waals surface area contributed by atoms with Crippen molar-refractivity contribution in [2.45, 2.75) is 33.2 Å². The summed E-state index contributed by atoms with van der Waals surface area (Å²) in [7, 11) is 0. The number of nitrogens with zero attached hydrogens (tertiary/aromatic N) is 1. The zero-order valence-electron chi connectivity index (χ0n) is 9.93. The van der Waals surface area contributed by atoms with Gasteiger partial charge in [0.25, 0.3) is 0 Å². The fourth-order valence-corrected chi connectivity index (χ4v) is 2.91. The molecule has 2 nitrogen and oxygen atoms in total. The molecule has 0 fully saturated rings. The second-order valence-electron chi connectivity index (χ2n) is 3.94. The van der Waals surface area contributed by atoms with Gasteiger partial charge in [-0.1, -0.05) is 27.2 Å². The Bertz CT molecular complexity index is 342. The fraction of sp³-hybridized carbons (Fsp3) is 0.583. The van der Waals surface area contributed by atoms with E-state index >= 15 is 0 Å². The molecular weight excluding hydrogens is 332 g/mol. The highest BCUT2D eigenvalue weighted by atomic mass is 79.9. The first-order valence-electron chi connectivity index (χ1n) is 5.64. The van der Waals surface area contributed by atoms with Gasteiger partial charge in [-0.05, 0) is 50.4 Å². The first kappa shape index (κ1) is 14.1. The van der Waals surface area contributed by atoms with Crippen LogP contribution in [0.1, 0.15) is 38.9 Å². The van der Waals surface area contributed by atoms with Crippen LogP contribution in [0, 0.1) is 5.92 Å². The second-order valence-corrected chi connectivity index (χ2v) is 5.71. The van der Waals surface area contributed by atoms with E-state index in [2.05, 4.69) is 69.0 Å². The molecule has 0 aromatic carbocycles. The van der Waals surface area contributed by atoms with Crippen molar-refractivity contribution in [2.75, 3.05) is 6.54 Å². The minimum Gasteiger partial charge on any atom is -0.309 e. The molecule has 0 amide bonds. The maximum Gasteiger partial charge on any atom is 0.0718 e. The Morgan fingerprint density at radius 3 is 2.56 bits per heavy atom. The van der Waals surface area contributed by atoms with E-state index in [1.54, 1.807) is 0 Å². The van der Waals surface area contributed by atoms with Gasteiger partial charge in [-0.15, -0.1) is 0 Å². The molecular formula is C12H18Br2N2. The van der Waals surface area contributed by atoms with E-state index in [-0.39, 0.29) is 0 Å². The third-order valence-electron chi connectivity index (χ3n) is 2.77. The van der Waals surface area contributed by atoms with Crippen LogP contribution in [0.15, 0.2) is 21.2 Å². The van der Waals surface area contributed by atoms with Crippen LogP contribution in [-0.4, -0.2) is 11.5 Å². The topological polar surface area (TPSA) is 24.9 Å². The minimum atomic E-state index is 0.317. The van der Waals surface area contributed by atoms with Crippen molar-refractivity contribution in [1.82, 2.24) is 10.3 Å². The van der Waals surface area contributed by atoms with Crippen molar-refractivity contribution in [1.29, 1.82) is 0 Å². The second kappa shape index (κ2) is 6.72. The summed E-state index contributed by atoms with van der Waals surface area (Å²) in [5, 5.41) is 3.50. The molecule has 0 saturated heterocycles. The van der Waals surface area contributed by atoms with Crippen molar-refractivity contribution in [2.24, 2.45) is 5.92 Å². The number of hydrogen-bond donors (Lipinski definition) is 1. The standard InChI is InChI=1S/C12H18Br2N2/c1-4-8(3)11(15-5-2)12-10(14)6-9(13)7-16-12/h6-8,11,15H,4-5H2,1-3H3. The Balaban J connectivity index is 3.00. The summed E-state index contributed by atoms with van der Waals surface area (Å²) in [4.78, 5) is 4.51. The Morgan fingerprint density at radius 1 is 1.38 bits per heavy atom. The smallest absolute Gasteiger partial charge is 0.0718 e. The molecule has 0 saturated carbocycles. The van der Waals surface area contributed by atoms with Crippen LogP contribution >= 0.6 is 31.9 Å². The van der Waals surface area contributed by atoms with Crippen molar-refractivity contribution in [3.8, 4) is 0 Å². The highest BCUT2D eigenvalue weighted by Crippen LogP contribution is 2.30. The molecule has 0 aliphatic rings. The van der Waals surface area contributed by atoms with Crippen molar-refractivity contribution >= 4 is 31.9 Å². The molecule has 0 bridgehead atoms. The first-order chi connectivity index (χ1) is 7.60. The van der Waals surface area contributed by atoms with Crippen LogP contribution in [0.2, 0.25) is 0 Å². The summed E-state index contributed by atoms with van der Waals surface area (Å²) in [6.45, 7) is 7.55. The molecule has 90 valence electrons. The molecule has 0 aliphatic carbocycles. The van der Waals surface area contributed by atoms with Gasteiger partial charge in [0, 0.05) is 15.1 Å². The SMILES string of the molecule is CCNC(c1ncc(Br)cc1Br)C(C)CC. The van der Waals surface area contributed by atoms with Gasteiger partial charge in [0.1, 0.15) is 0 Å². The number of pyridine rings is 1. The van der Waals surface area contributed by atoms with Gasteiger partial charge in [-0.3, -0.25) is 4.98 Å². The maximum absolute atomic E-state index is 4.51. The number of aromatic nitrogens is 1. The number of halogens is 2. The monoisotopic (exact) mass is 348 g/mol. The summed E-state index contributed by atoms with van der Waals surface area (Å²) >= 11 is 7.01. The third-order valence-corrected chi connectivity index (χ3v) is 3.84. The van der Waals surface area contributed by atoms with Crippen LogP contribution in [0.3, 0.4) is 0 Å². The lowest BCUT2D eigenvalue weighted by Crippen LogP contribution is -2.27. The Labute approximate surface area is 114 Å². The van der Waals surface area contributed by atoms with Gasteiger partial charge >= 0.3 is 0 Å². The average Bonchev–Trinajstić information content (AvgIpc) is 2.26. The summed E-state index contributed by atoms with van der Waals surface area (Å²) in [6, 6.07) is 2.37. The summed E-state index contributed by atoms with van der Waals surface area (Å²) in [5.74, 6) is 0.574. The molecule has 0 spiro atoms. The lowest BCUT2D eigenvalue weighted by molar-refractivity contribution is 0.375. The summed E-state index contributed by atoms with van der Waals surface area (Å²) in [5.41, 5.74) is 1.10. The molecule has 1 aromatic heterocycles. The van der Waals surface area contributed by atoms with Gasteiger partial charge in [0.15, 0.2) is 0 Å². The number of hydrogen-bond acceptors (Lipinski definition) is 2. The fourth-order valence-electron chi connectivity index (χ4n) is 1.68. The zero-order chi connectivity index (χ0) is 12.1. The zero-order valence-corrected chi connectivity index (χ0v) is 13.1. The minimum absolute atomic E-state index is 0.317. The predicted molar refractivity (Wildman–Crippen MR) is 75.5 cm³/mol. The van der Waals surface area contributed by atoms with Crippen LogP contribution in [-0.2, 0) is 0 Å². The number of rotatable bonds is 5. The molecule has 0 radical (unpaired) electrons. The lowest BCUT2D eigenvalue weighted by atomic mass is 9.96. The quantitative estimate of drug-likeness (QED) is 0.857. The van der Waals surface area contributed by atoms with Crippen LogP contribution in [0.5, 0.6) is 0 Å². The molecule has 16 heavy (non-hydrogen) atoms. The van der Waals surface area contributed by atoms with E-state index in [1.807, 2.05) is 6.20 Å². The van der Waals surface area contributed by atoms with Crippen LogP contribution < -0.4 is 5.32 Å². The van der Waals surface area contributed by atoms with E-state index in [4.69, 9.17) is 0 Å². The van der Waals surface area contributed by atoms with E-state index in [0.29, 0.717) is 12.0 Å². The Kier molecular flexibility index (Phi) is 5.94. The van der Waals surface area contributed by atoms with Gasteiger partial charge < -0.3 is 5.32 Å². The van der Waals surface area contributed by atoms with Gasteiger partial charge in [0.2, 0.25) is 0 Å². The van der Waals surface area contributed by atoms with Crippen molar-refractivity contribution in [3.05, 3.63) is 26.9 Å².